The predicted molar refractivity (Wildman–Crippen MR) is 150 cm³/mol. The molecular formula is C27H39ClN4O3S. The SMILES string of the molecule is CCCOC(=O)N1CCN(C(=O)c2ccc3c(Cl)c4c(nc3c2)CC(CCN(C)C)CC4)C[C@@H]1C.S. The van der Waals surface area contributed by atoms with Crippen LogP contribution in [0.1, 0.15) is 54.7 Å². The molecule has 1 fully saturated rings. The van der Waals surface area contributed by atoms with E-state index >= 15 is 0 Å². The Morgan fingerprint density at radius 3 is 2.72 bits per heavy atom. The zero-order valence-corrected chi connectivity index (χ0v) is 23.6. The lowest BCUT2D eigenvalue weighted by Crippen LogP contribution is -2.55. The molecule has 36 heavy (non-hydrogen) atoms. The summed E-state index contributed by atoms with van der Waals surface area (Å²) >= 11 is 6.82. The fourth-order valence-electron chi connectivity index (χ4n) is 5.15. The number of pyridine rings is 1. The molecule has 2 amide bonds. The molecule has 1 aliphatic carbocycles. The van der Waals surface area contributed by atoms with E-state index in [1.807, 2.05) is 36.9 Å². The van der Waals surface area contributed by atoms with Crippen molar-refractivity contribution in [3.8, 4) is 0 Å². The number of aromatic nitrogens is 1. The second-order valence-corrected chi connectivity index (χ2v) is 10.6. The number of nitrogens with zero attached hydrogens (tertiary/aromatic N) is 4. The van der Waals surface area contributed by atoms with Crippen LogP contribution in [0.2, 0.25) is 5.02 Å². The van der Waals surface area contributed by atoms with Gasteiger partial charge in [-0.2, -0.15) is 13.5 Å². The van der Waals surface area contributed by atoms with Gasteiger partial charge in [-0.25, -0.2) is 4.79 Å². The number of carbonyl (C=O) groups is 2. The third-order valence-corrected chi connectivity index (χ3v) is 7.63. The number of amides is 2. The molecule has 1 unspecified atom stereocenters. The molecule has 2 atom stereocenters. The minimum atomic E-state index is -0.301. The average molecular weight is 535 g/mol. The second-order valence-electron chi connectivity index (χ2n) is 10.2. The molecule has 1 aromatic heterocycles. The fraction of sp³-hybridized carbons (Fsp3) is 0.593. The van der Waals surface area contributed by atoms with Gasteiger partial charge in [0.05, 0.1) is 17.1 Å². The van der Waals surface area contributed by atoms with Gasteiger partial charge in [0.15, 0.2) is 0 Å². The van der Waals surface area contributed by atoms with E-state index < -0.39 is 0 Å². The maximum atomic E-state index is 13.3. The first-order valence-corrected chi connectivity index (χ1v) is 13.1. The van der Waals surface area contributed by atoms with Gasteiger partial charge in [-0.05, 0) is 83.3 Å². The van der Waals surface area contributed by atoms with Gasteiger partial charge in [-0.3, -0.25) is 9.78 Å². The molecule has 0 radical (unpaired) electrons. The van der Waals surface area contributed by atoms with Gasteiger partial charge >= 0.3 is 6.09 Å². The van der Waals surface area contributed by atoms with E-state index in [2.05, 4.69) is 19.0 Å². The smallest absolute Gasteiger partial charge is 0.410 e. The van der Waals surface area contributed by atoms with Crippen molar-refractivity contribution in [2.45, 2.75) is 52.0 Å². The van der Waals surface area contributed by atoms with Gasteiger partial charge in [0.25, 0.3) is 5.91 Å². The Morgan fingerprint density at radius 2 is 2.03 bits per heavy atom. The Labute approximate surface area is 226 Å². The number of benzene rings is 1. The number of hydrogen-bond donors (Lipinski definition) is 0. The van der Waals surface area contributed by atoms with E-state index in [1.54, 1.807) is 4.90 Å². The summed E-state index contributed by atoms with van der Waals surface area (Å²) < 4.78 is 5.28. The first kappa shape index (κ1) is 28.5. The van der Waals surface area contributed by atoms with Crippen molar-refractivity contribution in [2.24, 2.45) is 5.92 Å². The summed E-state index contributed by atoms with van der Waals surface area (Å²) in [6.45, 7) is 6.83. The van der Waals surface area contributed by atoms with Crippen LogP contribution >= 0.6 is 25.1 Å². The molecule has 1 aliphatic heterocycles. The third kappa shape index (κ3) is 6.26. The molecule has 1 saturated heterocycles. The largest absolute Gasteiger partial charge is 0.449 e. The van der Waals surface area contributed by atoms with E-state index in [4.69, 9.17) is 21.3 Å². The molecule has 2 aromatic rings. The number of rotatable bonds is 6. The van der Waals surface area contributed by atoms with Crippen molar-refractivity contribution in [1.29, 1.82) is 0 Å². The van der Waals surface area contributed by atoms with Crippen LogP contribution in [-0.4, -0.2) is 84.6 Å². The van der Waals surface area contributed by atoms with Crippen LogP contribution in [0, 0.1) is 5.92 Å². The highest BCUT2D eigenvalue weighted by atomic mass is 35.5. The molecule has 1 aromatic carbocycles. The fourth-order valence-corrected chi connectivity index (χ4v) is 5.51. The molecule has 0 bridgehead atoms. The number of carbonyl (C=O) groups excluding carboxylic acids is 2. The molecule has 0 N–H and O–H groups in total. The van der Waals surface area contributed by atoms with Crippen LogP contribution < -0.4 is 0 Å². The lowest BCUT2D eigenvalue weighted by Gasteiger charge is -2.39. The zero-order chi connectivity index (χ0) is 25.1. The third-order valence-electron chi connectivity index (χ3n) is 7.20. The second kappa shape index (κ2) is 12.5. The highest BCUT2D eigenvalue weighted by Crippen LogP contribution is 2.36. The minimum Gasteiger partial charge on any atom is -0.449 e. The summed E-state index contributed by atoms with van der Waals surface area (Å²) in [4.78, 5) is 36.4. The highest BCUT2D eigenvalue weighted by Gasteiger charge is 2.31. The topological polar surface area (TPSA) is 66.0 Å². The van der Waals surface area contributed by atoms with Crippen molar-refractivity contribution in [1.82, 2.24) is 19.7 Å². The number of hydrogen-bond acceptors (Lipinski definition) is 5. The van der Waals surface area contributed by atoms with Gasteiger partial charge in [0.2, 0.25) is 0 Å². The summed E-state index contributed by atoms with van der Waals surface area (Å²) in [5, 5.41) is 1.69. The van der Waals surface area contributed by atoms with E-state index in [1.165, 1.54) is 5.56 Å². The maximum Gasteiger partial charge on any atom is 0.410 e. The minimum absolute atomic E-state index is 0. The summed E-state index contributed by atoms with van der Waals surface area (Å²) in [5.41, 5.74) is 3.63. The maximum absolute atomic E-state index is 13.3. The Bertz CT molecular complexity index is 1100. The highest BCUT2D eigenvalue weighted by molar-refractivity contribution is 7.59. The Hall–Kier alpha value is -2.03. The van der Waals surface area contributed by atoms with Gasteiger partial charge < -0.3 is 19.4 Å². The van der Waals surface area contributed by atoms with E-state index in [-0.39, 0.29) is 31.5 Å². The van der Waals surface area contributed by atoms with Crippen LogP contribution in [0.5, 0.6) is 0 Å². The van der Waals surface area contributed by atoms with Crippen LogP contribution in [-0.2, 0) is 17.6 Å². The standard InChI is InChI=1S/C27H37ClN4O3.H2S/c1-5-14-35-27(34)32-13-12-31(17-18(32)2)26(33)20-7-9-22-24(16-20)29-23-15-19(10-11-30(3)4)6-8-21(23)25(22)28;/h7,9,16,18-19H,5-6,8,10-15,17H2,1-4H3;1H2/t18-,19?;/m0./s1. The van der Waals surface area contributed by atoms with E-state index in [0.717, 1.165) is 60.3 Å². The number of piperazine rings is 1. The molecule has 2 heterocycles. The summed E-state index contributed by atoms with van der Waals surface area (Å²) in [5.74, 6) is 0.567. The van der Waals surface area contributed by atoms with Crippen molar-refractivity contribution < 1.29 is 14.3 Å². The van der Waals surface area contributed by atoms with E-state index in [9.17, 15) is 9.59 Å². The normalized spacial score (nSPS) is 19.7. The molecule has 7 nitrogen and oxygen atoms in total. The van der Waals surface area contributed by atoms with Gasteiger partial charge in [0.1, 0.15) is 0 Å². The Balaban J connectivity index is 0.00000361. The van der Waals surface area contributed by atoms with E-state index in [0.29, 0.717) is 37.7 Å². The average Bonchev–Trinajstić information content (AvgIpc) is 2.85. The zero-order valence-electron chi connectivity index (χ0n) is 21.8. The van der Waals surface area contributed by atoms with Gasteiger partial charge in [0, 0.05) is 42.3 Å². The van der Waals surface area contributed by atoms with Gasteiger partial charge in [-0.15, -0.1) is 0 Å². The van der Waals surface area contributed by atoms with Crippen molar-refractivity contribution in [2.75, 3.05) is 46.9 Å². The molecule has 2 aliphatic rings. The van der Waals surface area contributed by atoms with Gasteiger partial charge in [-0.1, -0.05) is 24.6 Å². The van der Waals surface area contributed by atoms with Crippen molar-refractivity contribution in [3.05, 3.63) is 40.0 Å². The summed E-state index contributed by atoms with van der Waals surface area (Å²) in [6.07, 6.45) is 4.67. The van der Waals surface area contributed by atoms with Crippen LogP contribution in [0.15, 0.2) is 18.2 Å². The first-order chi connectivity index (χ1) is 16.8. The molecule has 0 spiro atoms. The molecular weight excluding hydrogens is 496 g/mol. The quantitative estimate of drug-likeness (QED) is 0.535. The van der Waals surface area contributed by atoms with Crippen LogP contribution in [0.25, 0.3) is 10.9 Å². The Kier molecular flexibility index (Phi) is 9.89. The molecule has 198 valence electrons. The monoisotopic (exact) mass is 534 g/mol. The number of halogens is 1. The summed E-state index contributed by atoms with van der Waals surface area (Å²) in [7, 11) is 4.22. The molecule has 4 rings (SSSR count). The van der Waals surface area contributed by atoms with Crippen molar-refractivity contribution >= 4 is 48.0 Å². The lowest BCUT2D eigenvalue weighted by molar-refractivity contribution is 0.0412. The lowest BCUT2D eigenvalue weighted by atomic mass is 9.84. The van der Waals surface area contributed by atoms with Crippen LogP contribution in [0.4, 0.5) is 4.79 Å². The summed E-state index contributed by atoms with van der Waals surface area (Å²) in [6, 6.07) is 5.55. The number of ether oxygens (including phenoxy) is 1. The first-order valence-electron chi connectivity index (χ1n) is 12.8. The van der Waals surface area contributed by atoms with Crippen LogP contribution in [0.3, 0.4) is 0 Å². The molecule has 0 saturated carbocycles. The Morgan fingerprint density at radius 1 is 1.25 bits per heavy atom. The van der Waals surface area contributed by atoms with Crippen molar-refractivity contribution in [3.63, 3.8) is 0 Å². The predicted octanol–water partition coefficient (Wildman–Crippen LogP) is 4.75. The molecule has 9 heteroatoms. The number of fused-ring (bicyclic) bond motifs is 2.